The quantitative estimate of drug-likeness (QED) is 0.510. The Morgan fingerprint density at radius 1 is 1.57 bits per heavy atom. The third-order valence-electron chi connectivity index (χ3n) is 1.89. The van der Waals surface area contributed by atoms with E-state index in [9.17, 15) is 4.79 Å². The number of aryl methyl sites for hydroxylation is 1. The molecule has 0 saturated heterocycles. The lowest BCUT2D eigenvalue weighted by molar-refractivity contribution is 0.0866. The predicted octanol–water partition coefficient (Wildman–Crippen LogP) is 1.42. The molecule has 1 heterocycles. The normalized spacial score (nSPS) is 10.4. The first kappa shape index (κ1) is 10.9. The number of nitrogens with zero attached hydrogens (tertiary/aromatic N) is 2. The molecular weight excluding hydrogens is 180 g/mol. The average Bonchev–Trinajstić information content (AvgIpc) is 2.59. The van der Waals surface area contributed by atoms with Crippen molar-refractivity contribution in [1.82, 2.24) is 9.55 Å². The number of hydrogen-bond donors (Lipinski definition) is 0. The molecule has 0 fully saturated rings. The van der Waals surface area contributed by atoms with E-state index < -0.39 is 0 Å². The second-order valence-corrected chi connectivity index (χ2v) is 3.15. The van der Waals surface area contributed by atoms with E-state index in [1.807, 2.05) is 14.0 Å². The van der Waals surface area contributed by atoms with Crippen molar-refractivity contribution in [3.05, 3.63) is 18.2 Å². The van der Waals surface area contributed by atoms with Gasteiger partial charge in [-0.2, -0.15) is 0 Å². The highest BCUT2D eigenvalue weighted by Gasteiger charge is 2.09. The van der Waals surface area contributed by atoms with Crippen molar-refractivity contribution in [2.45, 2.75) is 19.8 Å². The minimum atomic E-state index is 0.0357. The Morgan fingerprint density at radius 3 is 2.93 bits per heavy atom. The Kier molecular flexibility index (Phi) is 4.32. The van der Waals surface area contributed by atoms with Crippen molar-refractivity contribution < 1.29 is 9.53 Å². The van der Waals surface area contributed by atoms with E-state index >= 15 is 0 Å². The van der Waals surface area contributed by atoms with Crippen LogP contribution in [0.25, 0.3) is 0 Å². The zero-order valence-corrected chi connectivity index (χ0v) is 8.69. The van der Waals surface area contributed by atoms with Crippen LogP contribution in [0.1, 0.15) is 30.4 Å². The summed E-state index contributed by atoms with van der Waals surface area (Å²) in [6, 6.07) is 0. The third kappa shape index (κ3) is 2.96. The molecule has 0 aromatic carbocycles. The van der Waals surface area contributed by atoms with Crippen LogP contribution >= 0.6 is 0 Å². The van der Waals surface area contributed by atoms with Gasteiger partial charge in [0.05, 0.1) is 6.61 Å². The molecule has 0 spiro atoms. The zero-order chi connectivity index (χ0) is 10.4. The maximum atomic E-state index is 11.5. The molecule has 4 heteroatoms. The van der Waals surface area contributed by atoms with Crippen molar-refractivity contribution in [1.29, 1.82) is 0 Å². The Hall–Kier alpha value is -1.16. The van der Waals surface area contributed by atoms with Crippen molar-refractivity contribution in [3.63, 3.8) is 0 Å². The number of hydrogen-bond acceptors (Lipinski definition) is 3. The number of aromatic nitrogens is 2. The van der Waals surface area contributed by atoms with Crippen molar-refractivity contribution >= 4 is 5.78 Å². The van der Waals surface area contributed by atoms with Crippen molar-refractivity contribution in [3.8, 4) is 0 Å². The smallest absolute Gasteiger partial charge is 0.200 e. The fourth-order valence-corrected chi connectivity index (χ4v) is 1.16. The molecule has 0 aliphatic rings. The fourth-order valence-electron chi connectivity index (χ4n) is 1.16. The molecule has 1 aromatic heterocycles. The van der Waals surface area contributed by atoms with Crippen LogP contribution in [0.3, 0.4) is 0 Å². The highest BCUT2D eigenvalue weighted by atomic mass is 16.5. The monoisotopic (exact) mass is 196 g/mol. The molecule has 78 valence electrons. The molecule has 4 nitrogen and oxygen atoms in total. The number of carbonyl (C=O) groups excluding carboxylic acids is 1. The van der Waals surface area contributed by atoms with Crippen LogP contribution < -0.4 is 0 Å². The van der Waals surface area contributed by atoms with E-state index in [0.717, 1.165) is 6.42 Å². The van der Waals surface area contributed by atoms with E-state index in [1.54, 1.807) is 17.0 Å². The maximum Gasteiger partial charge on any atom is 0.200 e. The van der Waals surface area contributed by atoms with Gasteiger partial charge in [0.1, 0.15) is 0 Å². The molecule has 1 rings (SSSR count). The average molecular weight is 196 g/mol. The predicted molar refractivity (Wildman–Crippen MR) is 53.3 cm³/mol. The van der Waals surface area contributed by atoms with Crippen molar-refractivity contribution in [2.24, 2.45) is 7.05 Å². The first-order valence-electron chi connectivity index (χ1n) is 4.84. The van der Waals surface area contributed by atoms with E-state index in [4.69, 9.17) is 4.74 Å². The summed E-state index contributed by atoms with van der Waals surface area (Å²) < 4.78 is 6.96. The lowest BCUT2D eigenvalue weighted by Gasteiger charge is -2.02. The molecule has 0 N–H and O–H groups in total. The van der Waals surface area contributed by atoms with Gasteiger partial charge < -0.3 is 9.30 Å². The zero-order valence-electron chi connectivity index (χ0n) is 8.69. The van der Waals surface area contributed by atoms with Crippen LogP contribution in [0.2, 0.25) is 0 Å². The number of imidazole rings is 1. The second-order valence-electron chi connectivity index (χ2n) is 3.15. The highest BCUT2D eigenvalue weighted by Crippen LogP contribution is 1.99. The Morgan fingerprint density at radius 2 is 2.36 bits per heavy atom. The van der Waals surface area contributed by atoms with Gasteiger partial charge in [-0.3, -0.25) is 4.79 Å². The standard InChI is InChI=1S/C10H16N2O2/c1-3-7-14-8-4-9(13)10-11-5-6-12(10)2/h5-6H,3-4,7-8H2,1-2H3. The van der Waals surface area contributed by atoms with E-state index in [2.05, 4.69) is 4.98 Å². The van der Waals surface area contributed by atoms with Crippen molar-refractivity contribution in [2.75, 3.05) is 13.2 Å². The van der Waals surface area contributed by atoms with Gasteiger partial charge in [0.2, 0.25) is 5.78 Å². The molecule has 0 atom stereocenters. The van der Waals surface area contributed by atoms with Gasteiger partial charge in [-0.1, -0.05) is 6.92 Å². The molecule has 1 aromatic rings. The minimum absolute atomic E-state index is 0.0357. The van der Waals surface area contributed by atoms with E-state index in [-0.39, 0.29) is 5.78 Å². The Labute approximate surface area is 83.9 Å². The molecule has 0 amide bonds. The first-order valence-corrected chi connectivity index (χ1v) is 4.84. The first-order chi connectivity index (χ1) is 6.75. The third-order valence-corrected chi connectivity index (χ3v) is 1.89. The van der Waals surface area contributed by atoms with Crippen LogP contribution in [0.15, 0.2) is 12.4 Å². The number of ether oxygens (including phenoxy) is 1. The van der Waals surface area contributed by atoms with Gasteiger partial charge in [-0.25, -0.2) is 4.98 Å². The van der Waals surface area contributed by atoms with Crippen LogP contribution in [0, 0.1) is 0 Å². The molecule has 0 radical (unpaired) electrons. The minimum Gasteiger partial charge on any atom is -0.381 e. The van der Waals surface area contributed by atoms with Gasteiger partial charge >= 0.3 is 0 Å². The van der Waals surface area contributed by atoms with Gasteiger partial charge in [0.25, 0.3) is 0 Å². The lowest BCUT2D eigenvalue weighted by Crippen LogP contribution is -2.10. The summed E-state index contributed by atoms with van der Waals surface area (Å²) in [5.41, 5.74) is 0. The number of rotatable bonds is 6. The molecular formula is C10H16N2O2. The van der Waals surface area contributed by atoms with Crippen LogP contribution in [0.4, 0.5) is 0 Å². The topological polar surface area (TPSA) is 44.1 Å². The molecule has 0 aliphatic heterocycles. The van der Waals surface area contributed by atoms with Gasteiger partial charge in [0.15, 0.2) is 5.82 Å². The summed E-state index contributed by atoms with van der Waals surface area (Å²) in [6.07, 6.45) is 4.78. The summed E-state index contributed by atoms with van der Waals surface area (Å²) in [5.74, 6) is 0.540. The Bertz CT molecular complexity index is 294. The molecule has 0 unspecified atom stereocenters. The van der Waals surface area contributed by atoms with Gasteiger partial charge in [-0.05, 0) is 6.42 Å². The highest BCUT2D eigenvalue weighted by molar-refractivity contribution is 5.92. The molecule has 0 aliphatic carbocycles. The lowest BCUT2D eigenvalue weighted by atomic mass is 10.3. The second kappa shape index (κ2) is 5.54. The largest absolute Gasteiger partial charge is 0.381 e. The SMILES string of the molecule is CCCOCCC(=O)c1nccn1C. The summed E-state index contributed by atoms with van der Waals surface area (Å²) in [6.45, 7) is 3.24. The summed E-state index contributed by atoms with van der Waals surface area (Å²) in [7, 11) is 1.81. The number of Topliss-reactive ketones (excluding diaryl/α,β-unsaturated/α-hetero) is 1. The summed E-state index contributed by atoms with van der Waals surface area (Å²) in [5, 5.41) is 0. The Balaban J connectivity index is 2.32. The fraction of sp³-hybridized carbons (Fsp3) is 0.600. The number of ketones is 1. The number of carbonyl (C=O) groups is 1. The van der Waals surface area contributed by atoms with E-state index in [1.165, 1.54) is 0 Å². The maximum absolute atomic E-state index is 11.5. The summed E-state index contributed by atoms with van der Waals surface area (Å²) in [4.78, 5) is 15.5. The summed E-state index contributed by atoms with van der Waals surface area (Å²) >= 11 is 0. The van der Waals surface area contributed by atoms with E-state index in [0.29, 0.717) is 25.5 Å². The molecule has 14 heavy (non-hydrogen) atoms. The van der Waals surface area contributed by atoms with Gasteiger partial charge in [0, 0.05) is 32.5 Å². The van der Waals surface area contributed by atoms with Crippen LogP contribution in [-0.2, 0) is 11.8 Å². The van der Waals surface area contributed by atoms with Gasteiger partial charge in [-0.15, -0.1) is 0 Å². The molecule has 0 bridgehead atoms. The van der Waals surface area contributed by atoms with Crippen LogP contribution in [0.5, 0.6) is 0 Å². The molecule has 0 saturated carbocycles. The van der Waals surface area contributed by atoms with Crippen LogP contribution in [-0.4, -0.2) is 28.5 Å².